The molecular weight excluding hydrogens is 265 g/mol. The zero-order valence-electron chi connectivity index (χ0n) is 11.4. The van der Waals surface area contributed by atoms with Crippen LogP contribution in [0.2, 0.25) is 0 Å². The highest BCUT2D eigenvalue weighted by molar-refractivity contribution is 5.95. The van der Waals surface area contributed by atoms with E-state index in [-0.39, 0.29) is 29.7 Å². The second kappa shape index (κ2) is 6.56. The van der Waals surface area contributed by atoms with Crippen molar-refractivity contribution in [2.45, 2.75) is 25.4 Å². The van der Waals surface area contributed by atoms with Crippen LogP contribution >= 0.6 is 0 Å². The maximum Gasteiger partial charge on any atom is 0.340 e. The summed E-state index contributed by atoms with van der Waals surface area (Å²) in [6.07, 6.45) is 2.97. The maximum absolute atomic E-state index is 13.8. The summed E-state index contributed by atoms with van der Waals surface area (Å²) in [5.41, 5.74) is 5.70. The first kappa shape index (κ1) is 14.6. The molecule has 20 heavy (non-hydrogen) atoms. The average Bonchev–Trinajstić information content (AvgIpc) is 2.46. The Morgan fingerprint density at radius 2 is 2.30 bits per heavy atom. The van der Waals surface area contributed by atoms with Crippen molar-refractivity contribution in [1.29, 1.82) is 0 Å². The monoisotopic (exact) mass is 283 g/mol. The van der Waals surface area contributed by atoms with Crippen LogP contribution in [0.25, 0.3) is 0 Å². The number of nitrogen functional groups attached to an aromatic ring is 1. The predicted octanol–water partition coefficient (Wildman–Crippen LogP) is 2.14. The molecule has 1 aliphatic heterocycles. The minimum Gasteiger partial charge on any atom is -0.488 e. The lowest BCUT2D eigenvalue weighted by molar-refractivity contribution is -0.0117. The molecule has 0 aromatic heterocycles. The zero-order chi connectivity index (χ0) is 14.5. The Morgan fingerprint density at radius 3 is 2.95 bits per heavy atom. The molecule has 1 saturated heterocycles. The van der Waals surface area contributed by atoms with E-state index < -0.39 is 11.8 Å². The Hall–Kier alpha value is -1.82. The molecule has 1 aliphatic rings. The van der Waals surface area contributed by atoms with E-state index in [4.69, 9.17) is 15.2 Å². The van der Waals surface area contributed by atoms with Crippen molar-refractivity contribution in [2.24, 2.45) is 0 Å². The van der Waals surface area contributed by atoms with Gasteiger partial charge >= 0.3 is 5.97 Å². The van der Waals surface area contributed by atoms with E-state index in [1.54, 1.807) is 0 Å². The molecule has 0 radical (unpaired) electrons. The topological polar surface area (TPSA) is 70.8 Å². The number of methoxy groups -OCH3 is 1. The second-order valence-electron chi connectivity index (χ2n) is 4.66. The van der Waals surface area contributed by atoms with Crippen LogP contribution in [0.1, 0.15) is 29.6 Å². The third kappa shape index (κ3) is 3.39. The summed E-state index contributed by atoms with van der Waals surface area (Å²) >= 11 is 0. The molecule has 0 spiro atoms. The minimum absolute atomic E-state index is 0.0197. The third-order valence-electron chi connectivity index (χ3n) is 3.21. The van der Waals surface area contributed by atoms with Crippen molar-refractivity contribution in [3.05, 3.63) is 23.5 Å². The van der Waals surface area contributed by atoms with E-state index in [1.807, 2.05) is 0 Å². The number of esters is 1. The summed E-state index contributed by atoms with van der Waals surface area (Å²) in [7, 11) is 1.24. The van der Waals surface area contributed by atoms with Crippen LogP contribution in [0.15, 0.2) is 12.1 Å². The highest BCUT2D eigenvalue weighted by Crippen LogP contribution is 2.25. The number of hydrogen-bond acceptors (Lipinski definition) is 5. The normalized spacial score (nSPS) is 18.6. The van der Waals surface area contributed by atoms with E-state index in [1.165, 1.54) is 13.2 Å². The number of benzene rings is 1. The molecule has 110 valence electrons. The Morgan fingerprint density at radius 1 is 1.50 bits per heavy atom. The number of rotatable bonds is 4. The Balaban J connectivity index is 2.08. The van der Waals surface area contributed by atoms with Crippen LogP contribution in [-0.2, 0) is 9.47 Å². The van der Waals surface area contributed by atoms with Crippen molar-refractivity contribution in [3.8, 4) is 5.75 Å². The maximum atomic E-state index is 13.8. The molecule has 1 atom stereocenters. The molecule has 1 aromatic rings. The Kier molecular flexibility index (Phi) is 4.79. The average molecular weight is 283 g/mol. The molecule has 2 N–H and O–H groups in total. The number of carbonyl (C=O) groups excluding carboxylic acids is 1. The molecule has 1 unspecified atom stereocenters. The Bertz CT molecular complexity index is 486. The molecule has 5 nitrogen and oxygen atoms in total. The SMILES string of the molecule is COC(=O)c1cc(OCC2CCCCO2)c(F)cc1N. The van der Waals surface area contributed by atoms with E-state index in [0.717, 1.165) is 25.3 Å². The van der Waals surface area contributed by atoms with Gasteiger partial charge in [-0.25, -0.2) is 9.18 Å². The van der Waals surface area contributed by atoms with Gasteiger partial charge in [0.25, 0.3) is 0 Å². The summed E-state index contributed by atoms with van der Waals surface area (Å²) in [5, 5.41) is 0. The van der Waals surface area contributed by atoms with Crippen molar-refractivity contribution >= 4 is 11.7 Å². The van der Waals surface area contributed by atoms with Gasteiger partial charge in [0.1, 0.15) is 6.61 Å². The lowest BCUT2D eigenvalue weighted by atomic mass is 10.1. The quantitative estimate of drug-likeness (QED) is 0.677. The van der Waals surface area contributed by atoms with Crippen LogP contribution in [0.5, 0.6) is 5.75 Å². The standard InChI is InChI=1S/C14H18FNO4/c1-18-14(17)10-6-13(11(15)7-12(10)16)20-8-9-4-2-3-5-19-9/h6-7,9H,2-5,8,16H2,1H3. The van der Waals surface area contributed by atoms with Crippen LogP contribution in [0, 0.1) is 5.82 Å². The molecule has 0 amide bonds. The first-order valence-electron chi connectivity index (χ1n) is 6.53. The van der Waals surface area contributed by atoms with Crippen LogP contribution in [0.4, 0.5) is 10.1 Å². The molecule has 1 heterocycles. The van der Waals surface area contributed by atoms with Crippen LogP contribution in [0.3, 0.4) is 0 Å². The highest BCUT2D eigenvalue weighted by atomic mass is 19.1. The van der Waals surface area contributed by atoms with Crippen molar-refractivity contribution in [1.82, 2.24) is 0 Å². The van der Waals surface area contributed by atoms with Crippen molar-refractivity contribution < 1.29 is 23.4 Å². The number of carbonyl (C=O) groups is 1. The molecular formula is C14H18FNO4. The van der Waals surface area contributed by atoms with Gasteiger partial charge in [-0.3, -0.25) is 0 Å². The second-order valence-corrected chi connectivity index (χ2v) is 4.66. The van der Waals surface area contributed by atoms with Gasteiger partial charge in [0.15, 0.2) is 11.6 Å². The van der Waals surface area contributed by atoms with Crippen molar-refractivity contribution in [2.75, 3.05) is 26.1 Å². The fourth-order valence-corrected chi connectivity index (χ4v) is 2.09. The van der Waals surface area contributed by atoms with Gasteiger partial charge in [-0.1, -0.05) is 0 Å². The summed E-state index contributed by atoms with van der Waals surface area (Å²) in [4.78, 5) is 11.5. The van der Waals surface area contributed by atoms with E-state index in [9.17, 15) is 9.18 Å². The number of hydrogen-bond donors (Lipinski definition) is 1. The molecule has 1 fully saturated rings. The minimum atomic E-state index is -0.624. The number of anilines is 1. The van der Waals surface area contributed by atoms with Crippen LogP contribution in [-0.4, -0.2) is 32.4 Å². The number of nitrogens with two attached hydrogens (primary N) is 1. The summed E-state index contributed by atoms with van der Waals surface area (Å²) < 4.78 is 29.2. The summed E-state index contributed by atoms with van der Waals surface area (Å²) in [6, 6.07) is 2.32. The predicted molar refractivity (Wildman–Crippen MR) is 71.2 cm³/mol. The molecule has 2 rings (SSSR count). The van der Waals surface area contributed by atoms with Gasteiger partial charge in [-0.15, -0.1) is 0 Å². The van der Waals surface area contributed by atoms with E-state index in [0.29, 0.717) is 6.61 Å². The van der Waals surface area contributed by atoms with E-state index in [2.05, 4.69) is 4.74 Å². The molecule has 0 saturated carbocycles. The smallest absolute Gasteiger partial charge is 0.340 e. The fraction of sp³-hybridized carbons (Fsp3) is 0.500. The van der Waals surface area contributed by atoms with Crippen molar-refractivity contribution in [3.63, 3.8) is 0 Å². The van der Waals surface area contributed by atoms with Gasteiger partial charge in [0.05, 0.1) is 18.8 Å². The summed E-state index contributed by atoms with van der Waals surface area (Å²) in [5.74, 6) is -1.25. The molecule has 0 bridgehead atoms. The van der Waals surface area contributed by atoms with Gasteiger partial charge in [0, 0.05) is 18.4 Å². The summed E-state index contributed by atoms with van der Waals surface area (Å²) in [6.45, 7) is 0.951. The first-order valence-corrected chi connectivity index (χ1v) is 6.53. The Labute approximate surface area is 116 Å². The first-order chi connectivity index (χ1) is 9.61. The third-order valence-corrected chi connectivity index (χ3v) is 3.21. The van der Waals surface area contributed by atoms with Gasteiger partial charge in [-0.2, -0.15) is 0 Å². The van der Waals surface area contributed by atoms with Gasteiger partial charge in [0.2, 0.25) is 0 Å². The highest BCUT2D eigenvalue weighted by Gasteiger charge is 2.18. The van der Waals surface area contributed by atoms with E-state index >= 15 is 0 Å². The van der Waals surface area contributed by atoms with Crippen LogP contribution < -0.4 is 10.5 Å². The largest absolute Gasteiger partial charge is 0.488 e. The lowest BCUT2D eigenvalue weighted by Gasteiger charge is -2.22. The fourth-order valence-electron chi connectivity index (χ4n) is 2.09. The number of ether oxygens (including phenoxy) is 3. The van der Waals surface area contributed by atoms with Gasteiger partial charge in [-0.05, 0) is 25.3 Å². The van der Waals surface area contributed by atoms with Gasteiger partial charge < -0.3 is 19.9 Å². The molecule has 1 aromatic carbocycles. The molecule has 6 heteroatoms. The zero-order valence-corrected chi connectivity index (χ0v) is 11.4. The molecule has 0 aliphatic carbocycles. The number of halogens is 1. The lowest BCUT2D eigenvalue weighted by Crippen LogP contribution is -2.26.